The predicted molar refractivity (Wildman–Crippen MR) is 73.9 cm³/mol. The molecule has 0 spiro atoms. The second-order valence-corrected chi connectivity index (χ2v) is 5.55. The summed E-state index contributed by atoms with van der Waals surface area (Å²) in [6, 6.07) is 5.71. The van der Waals surface area contributed by atoms with Crippen LogP contribution in [-0.2, 0) is 4.74 Å². The number of rotatable bonds is 5. The maximum Gasteiger partial charge on any atom is 0.125 e. The highest BCUT2D eigenvalue weighted by molar-refractivity contribution is 9.10. The molecule has 100 valence electrons. The Hall–Kier alpha value is -0.580. The minimum atomic E-state index is -0.528. The third kappa shape index (κ3) is 3.70. The molecule has 18 heavy (non-hydrogen) atoms. The van der Waals surface area contributed by atoms with Crippen molar-refractivity contribution in [1.82, 2.24) is 0 Å². The van der Waals surface area contributed by atoms with E-state index in [1.807, 2.05) is 18.2 Å². The zero-order valence-corrected chi connectivity index (χ0v) is 12.1. The van der Waals surface area contributed by atoms with Crippen LogP contribution < -0.4 is 4.74 Å². The van der Waals surface area contributed by atoms with E-state index in [0.717, 1.165) is 41.7 Å². The van der Waals surface area contributed by atoms with E-state index in [1.54, 1.807) is 6.92 Å². The van der Waals surface area contributed by atoms with Crippen LogP contribution in [0.3, 0.4) is 0 Å². The van der Waals surface area contributed by atoms with Crippen LogP contribution in [-0.4, -0.2) is 24.4 Å². The van der Waals surface area contributed by atoms with Crippen LogP contribution >= 0.6 is 15.9 Å². The standard InChI is InChI=1S/C14H19BrO3/c1-10(16)13-9-11(15)4-5-14(13)18-8-6-12-3-2-7-17-12/h4-5,9-10,12,16H,2-3,6-8H2,1H3/t10-,12?/m0/s1. The zero-order valence-electron chi connectivity index (χ0n) is 10.6. The normalized spacial score (nSPS) is 20.9. The van der Waals surface area contributed by atoms with Crippen LogP contribution in [0.5, 0.6) is 5.75 Å². The molecule has 0 aromatic heterocycles. The van der Waals surface area contributed by atoms with E-state index in [0.29, 0.717) is 12.7 Å². The minimum absolute atomic E-state index is 0.343. The lowest BCUT2D eigenvalue weighted by Crippen LogP contribution is -2.11. The van der Waals surface area contributed by atoms with Crippen LogP contribution in [0, 0.1) is 0 Å². The quantitative estimate of drug-likeness (QED) is 0.904. The van der Waals surface area contributed by atoms with Gasteiger partial charge in [0.1, 0.15) is 5.75 Å². The van der Waals surface area contributed by atoms with Gasteiger partial charge in [-0.3, -0.25) is 0 Å². The molecule has 1 heterocycles. The molecule has 1 aliphatic rings. The highest BCUT2D eigenvalue weighted by Gasteiger charge is 2.16. The Morgan fingerprint density at radius 1 is 1.56 bits per heavy atom. The van der Waals surface area contributed by atoms with E-state index in [9.17, 15) is 5.11 Å². The molecule has 2 atom stereocenters. The third-order valence-electron chi connectivity index (χ3n) is 3.14. The first-order valence-electron chi connectivity index (χ1n) is 6.38. The van der Waals surface area contributed by atoms with Crippen molar-refractivity contribution in [2.45, 2.75) is 38.4 Å². The molecular weight excluding hydrogens is 296 g/mol. The van der Waals surface area contributed by atoms with Crippen LogP contribution in [0.15, 0.2) is 22.7 Å². The highest BCUT2D eigenvalue weighted by Crippen LogP contribution is 2.28. The molecule has 2 rings (SSSR count). The summed E-state index contributed by atoms with van der Waals surface area (Å²) < 4.78 is 12.3. The van der Waals surface area contributed by atoms with Gasteiger partial charge in [-0.05, 0) is 38.0 Å². The Kier molecular flexibility index (Phi) is 5.03. The van der Waals surface area contributed by atoms with E-state index in [4.69, 9.17) is 9.47 Å². The van der Waals surface area contributed by atoms with Gasteiger partial charge in [0, 0.05) is 23.1 Å². The molecule has 0 bridgehead atoms. The van der Waals surface area contributed by atoms with Gasteiger partial charge in [0.05, 0.1) is 18.8 Å². The summed E-state index contributed by atoms with van der Waals surface area (Å²) >= 11 is 3.40. The molecule has 0 amide bonds. The van der Waals surface area contributed by atoms with Gasteiger partial charge >= 0.3 is 0 Å². The van der Waals surface area contributed by atoms with Gasteiger partial charge < -0.3 is 14.6 Å². The molecule has 3 nitrogen and oxygen atoms in total. The van der Waals surface area contributed by atoms with Crippen LogP contribution in [0.2, 0.25) is 0 Å². The number of ether oxygens (including phenoxy) is 2. The summed E-state index contributed by atoms with van der Waals surface area (Å²) in [5, 5.41) is 9.71. The summed E-state index contributed by atoms with van der Waals surface area (Å²) in [5.41, 5.74) is 0.816. The van der Waals surface area contributed by atoms with Crippen LogP contribution in [0.1, 0.15) is 37.9 Å². The second kappa shape index (κ2) is 6.55. The van der Waals surface area contributed by atoms with E-state index in [-0.39, 0.29) is 0 Å². The average Bonchev–Trinajstić information content (AvgIpc) is 2.84. The smallest absolute Gasteiger partial charge is 0.125 e. The summed E-state index contributed by atoms with van der Waals surface area (Å²) in [7, 11) is 0. The maximum atomic E-state index is 9.71. The van der Waals surface area contributed by atoms with Crippen molar-refractivity contribution in [2.75, 3.05) is 13.2 Å². The van der Waals surface area contributed by atoms with Gasteiger partial charge in [0.15, 0.2) is 0 Å². The fraction of sp³-hybridized carbons (Fsp3) is 0.571. The molecule has 1 saturated heterocycles. The van der Waals surface area contributed by atoms with Crippen molar-refractivity contribution < 1.29 is 14.6 Å². The Balaban J connectivity index is 1.91. The predicted octanol–water partition coefficient (Wildman–Crippen LogP) is 3.45. The molecule has 1 fully saturated rings. The second-order valence-electron chi connectivity index (χ2n) is 4.63. The minimum Gasteiger partial charge on any atom is -0.493 e. The summed E-state index contributed by atoms with van der Waals surface area (Å²) in [5.74, 6) is 0.756. The fourth-order valence-electron chi connectivity index (χ4n) is 2.15. The fourth-order valence-corrected chi connectivity index (χ4v) is 2.53. The van der Waals surface area contributed by atoms with Crippen molar-refractivity contribution in [1.29, 1.82) is 0 Å². The van der Waals surface area contributed by atoms with Gasteiger partial charge in [-0.25, -0.2) is 0 Å². The lowest BCUT2D eigenvalue weighted by atomic mass is 10.1. The summed E-state index contributed by atoms with van der Waals surface area (Å²) in [6.07, 6.45) is 3.01. The highest BCUT2D eigenvalue weighted by atomic mass is 79.9. The number of hydrogen-bond acceptors (Lipinski definition) is 3. The van der Waals surface area contributed by atoms with E-state index >= 15 is 0 Å². The lowest BCUT2D eigenvalue weighted by molar-refractivity contribution is 0.0896. The van der Waals surface area contributed by atoms with Gasteiger partial charge in [0.2, 0.25) is 0 Å². The van der Waals surface area contributed by atoms with Crippen molar-refractivity contribution in [3.8, 4) is 5.75 Å². The van der Waals surface area contributed by atoms with Crippen LogP contribution in [0.4, 0.5) is 0 Å². The largest absolute Gasteiger partial charge is 0.493 e. The first-order chi connectivity index (χ1) is 8.66. The Morgan fingerprint density at radius 3 is 3.06 bits per heavy atom. The number of hydrogen-bond donors (Lipinski definition) is 1. The van der Waals surface area contributed by atoms with Gasteiger partial charge in [-0.2, -0.15) is 0 Å². The maximum absolute atomic E-state index is 9.71. The topological polar surface area (TPSA) is 38.7 Å². The third-order valence-corrected chi connectivity index (χ3v) is 3.64. The molecular formula is C14H19BrO3. The molecule has 1 aromatic rings. The molecule has 1 unspecified atom stereocenters. The number of aliphatic hydroxyl groups excluding tert-OH is 1. The van der Waals surface area contributed by atoms with E-state index < -0.39 is 6.10 Å². The molecule has 0 aliphatic carbocycles. The van der Waals surface area contributed by atoms with E-state index in [2.05, 4.69) is 15.9 Å². The van der Waals surface area contributed by atoms with Crippen molar-refractivity contribution in [3.63, 3.8) is 0 Å². The van der Waals surface area contributed by atoms with Gasteiger partial charge in [0.25, 0.3) is 0 Å². The van der Waals surface area contributed by atoms with E-state index in [1.165, 1.54) is 0 Å². The average molecular weight is 315 g/mol. The first kappa shape index (κ1) is 13.8. The van der Waals surface area contributed by atoms with Crippen molar-refractivity contribution in [2.24, 2.45) is 0 Å². The molecule has 4 heteroatoms. The van der Waals surface area contributed by atoms with Gasteiger partial charge in [-0.1, -0.05) is 15.9 Å². The van der Waals surface area contributed by atoms with Gasteiger partial charge in [-0.15, -0.1) is 0 Å². The van der Waals surface area contributed by atoms with Crippen molar-refractivity contribution in [3.05, 3.63) is 28.2 Å². The molecule has 0 saturated carbocycles. The van der Waals surface area contributed by atoms with Crippen LogP contribution in [0.25, 0.3) is 0 Å². The monoisotopic (exact) mass is 314 g/mol. The Bertz CT molecular complexity index is 387. The van der Waals surface area contributed by atoms with Crippen molar-refractivity contribution >= 4 is 15.9 Å². The number of aliphatic hydroxyl groups is 1. The molecule has 1 aromatic carbocycles. The first-order valence-corrected chi connectivity index (χ1v) is 7.18. The Morgan fingerprint density at radius 2 is 2.39 bits per heavy atom. The summed E-state index contributed by atoms with van der Waals surface area (Å²) in [6.45, 7) is 3.25. The number of halogens is 1. The Labute approximate surface area is 116 Å². The molecule has 1 aliphatic heterocycles. The lowest BCUT2D eigenvalue weighted by Gasteiger charge is -2.15. The zero-order chi connectivity index (χ0) is 13.0. The molecule has 1 N–H and O–H groups in total. The summed E-state index contributed by atoms with van der Waals surface area (Å²) in [4.78, 5) is 0. The SMILES string of the molecule is C[C@H](O)c1cc(Br)ccc1OCCC1CCCO1. The molecule has 0 radical (unpaired) electrons. The number of benzene rings is 1.